The van der Waals surface area contributed by atoms with Crippen LogP contribution in [0.4, 0.5) is 5.69 Å². The number of anilines is 1. The first-order chi connectivity index (χ1) is 12.8. The average molecular weight is 375 g/mol. The van der Waals surface area contributed by atoms with Crippen molar-refractivity contribution >= 4 is 23.7 Å². The fourth-order valence-corrected chi connectivity index (χ4v) is 5.21. The van der Waals surface area contributed by atoms with Crippen molar-refractivity contribution in [2.24, 2.45) is 0 Å². The summed E-state index contributed by atoms with van der Waals surface area (Å²) in [5.74, 6) is 0.278. The summed E-state index contributed by atoms with van der Waals surface area (Å²) in [7, 11) is 0. The fourth-order valence-electron chi connectivity index (χ4n) is 4.13. The van der Waals surface area contributed by atoms with Crippen LogP contribution in [-0.2, 0) is 11.2 Å². The van der Waals surface area contributed by atoms with Crippen LogP contribution in [0, 0.1) is 0 Å². The Morgan fingerprint density at radius 3 is 2.42 bits per heavy atom. The molecular weight excluding hydrogens is 344 g/mol. The Bertz CT molecular complexity index is 612. The summed E-state index contributed by atoms with van der Waals surface area (Å²) < 4.78 is 5.02. The van der Waals surface area contributed by atoms with E-state index in [9.17, 15) is 4.79 Å². The van der Waals surface area contributed by atoms with E-state index in [1.165, 1.54) is 37.9 Å². The van der Waals surface area contributed by atoms with Crippen molar-refractivity contribution in [1.29, 1.82) is 0 Å². The van der Waals surface area contributed by atoms with E-state index in [2.05, 4.69) is 31.7 Å². The number of benzene rings is 1. The molecule has 0 bridgehead atoms. The highest BCUT2D eigenvalue weighted by molar-refractivity contribution is 7.94. The molecular formula is C20H30N4OS. The number of carbonyl (C=O) groups is 1. The summed E-state index contributed by atoms with van der Waals surface area (Å²) in [5.41, 5.74) is 2.43. The largest absolute Gasteiger partial charge is 0.312 e. The molecule has 0 unspecified atom stereocenters. The predicted molar refractivity (Wildman–Crippen MR) is 108 cm³/mol. The van der Waals surface area contributed by atoms with Gasteiger partial charge in [0.15, 0.2) is 0 Å². The molecule has 0 aromatic heterocycles. The molecule has 0 N–H and O–H groups in total. The molecule has 26 heavy (non-hydrogen) atoms. The summed E-state index contributed by atoms with van der Waals surface area (Å²) in [5, 5.41) is 0. The van der Waals surface area contributed by atoms with Crippen molar-refractivity contribution in [3.8, 4) is 0 Å². The van der Waals surface area contributed by atoms with Crippen LogP contribution in [0.1, 0.15) is 31.2 Å². The molecule has 0 radical (unpaired) electrons. The zero-order valence-electron chi connectivity index (χ0n) is 15.6. The van der Waals surface area contributed by atoms with E-state index >= 15 is 0 Å². The molecule has 1 amide bonds. The zero-order chi connectivity index (χ0) is 17.8. The quantitative estimate of drug-likeness (QED) is 0.740. The van der Waals surface area contributed by atoms with E-state index in [4.69, 9.17) is 0 Å². The lowest BCUT2D eigenvalue weighted by molar-refractivity contribution is -0.118. The summed E-state index contributed by atoms with van der Waals surface area (Å²) in [6.07, 6.45) is 5.70. The van der Waals surface area contributed by atoms with Gasteiger partial charge in [0.25, 0.3) is 0 Å². The van der Waals surface area contributed by atoms with E-state index in [1.54, 1.807) is 0 Å². The highest BCUT2D eigenvalue weighted by atomic mass is 32.2. The lowest BCUT2D eigenvalue weighted by Crippen LogP contribution is -2.46. The van der Waals surface area contributed by atoms with Gasteiger partial charge in [0, 0.05) is 76.6 Å². The molecule has 3 aliphatic heterocycles. The van der Waals surface area contributed by atoms with Gasteiger partial charge in [0.1, 0.15) is 0 Å². The fraction of sp³-hybridized carbons (Fsp3) is 0.650. The van der Waals surface area contributed by atoms with Crippen molar-refractivity contribution in [2.45, 2.75) is 32.1 Å². The van der Waals surface area contributed by atoms with E-state index in [0.717, 1.165) is 51.4 Å². The predicted octanol–water partition coefficient (Wildman–Crippen LogP) is 2.63. The van der Waals surface area contributed by atoms with Gasteiger partial charge in [-0.25, -0.2) is 8.61 Å². The molecule has 0 saturated carbocycles. The lowest BCUT2D eigenvalue weighted by atomic mass is 10.2. The molecule has 3 heterocycles. The van der Waals surface area contributed by atoms with Crippen molar-refractivity contribution in [2.75, 3.05) is 57.3 Å². The van der Waals surface area contributed by atoms with Gasteiger partial charge in [0.2, 0.25) is 5.91 Å². The number of hydrogen-bond acceptors (Lipinski definition) is 5. The number of carbonyl (C=O) groups excluding carboxylic acids is 1. The standard InChI is InChI=1S/C20H30N4OS/c25-20(24-13-8-18-6-2-3-7-19(18)24)9-12-21-14-16-23(17-15-21)26-22-10-4-1-5-11-22/h2-3,6-7H,1,4-5,8-17H2. The smallest absolute Gasteiger partial charge is 0.228 e. The Labute approximate surface area is 161 Å². The molecule has 0 spiro atoms. The van der Waals surface area contributed by atoms with Crippen LogP contribution in [0.15, 0.2) is 24.3 Å². The Kier molecular flexibility index (Phi) is 6.15. The second-order valence-corrected chi connectivity index (χ2v) is 8.71. The van der Waals surface area contributed by atoms with Crippen LogP contribution < -0.4 is 4.90 Å². The van der Waals surface area contributed by atoms with Crippen LogP contribution in [0.25, 0.3) is 0 Å². The minimum atomic E-state index is 0.278. The van der Waals surface area contributed by atoms with Crippen molar-refractivity contribution in [3.05, 3.63) is 29.8 Å². The van der Waals surface area contributed by atoms with Crippen molar-refractivity contribution in [1.82, 2.24) is 13.5 Å². The highest BCUT2D eigenvalue weighted by Crippen LogP contribution is 2.28. The van der Waals surface area contributed by atoms with Crippen LogP contribution >= 0.6 is 12.1 Å². The minimum absolute atomic E-state index is 0.278. The first-order valence-electron chi connectivity index (χ1n) is 10.1. The number of hydrogen-bond donors (Lipinski definition) is 0. The van der Waals surface area contributed by atoms with Gasteiger partial charge in [-0.2, -0.15) is 0 Å². The van der Waals surface area contributed by atoms with Gasteiger partial charge in [-0.15, -0.1) is 0 Å². The number of para-hydroxylation sites is 1. The third-order valence-electron chi connectivity index (χ3n) is 5.71. The molecule has 1 aromatic rings. The van der Waals surface area contributed by atoms with Crippen LogP contribution in [0.2, 0.25) is 0 Å². The number of amides is 1. The average Bonchev–Trinajstić information content (AvgIpc) is 3.12. The van der Waals surface area contributed by atoms with E-state index in [0.29, 0.717) is 6.42 Å². The van der Waals surface area contributed by atoms with Gasteiger partial charge < -0.3 is 9.80 Å². The van der Waals surface area contributed by atoms with Gasteiger partial charge in [-0.3, -0.25) is 4.79 Å². The number of piperazine rings is 1. The Hall–Kier alpha value is -1.08. The van der Waals surface area contributed by atoms with Crippen LogP contribution in [0.3, 0.4) is 0 Å². The Morgan fingerprint density at radius 2 is 1.62 bits per heavy atom. The molecule has 5 nitrogen and oxygen atoms in total. The number of rotatable bonds is 5. The van der Waals surface area contributed by atoms with Crippen molar-refractivity contribution in [3.63, 3.8) is 0 Å². The molecule has 0 aliphatic carbocycles. The van der Waals surface area contributed by atoms with Crippen molar-refractivity contribution < 1.29 is 4.79 Å². The van der Waals surface area contributed by atoms with Gasteiger partial charge >= 0.3 is 0 Å². The number of fused-ring (bicyclic) bond motifs is 1. The third-order valence-corrected chi connectivity index (χ3v) is 6.90. The molecule has 4 rings (SSSR count). The van der Waals surface area contributed by atoms with E-state index in [1.807, 2.05) is 23.1 Å². The zero-order valence-corrected chi connectivity index (χ0v) is 16.4. The summed E-state index contributed by atoms with van der Waals surface area (Å²) >= 11 is 1.95. The summed E-state index contributed by atoms with van der Waals surface area (Å²) in [6.45, 7) is 8.55. The highest BCUT2D eigenvalue weighted by Gasteiger charge is 2.25. The summed E-state index contributed by atoms with van der Waals surface area (Å²) in [4.78, 5) is 17.1. The molecule has 1 aromatic carbocycles. The van der Waals surface area contributed by atoms with Crippen LogP contribution in [0.5, 0.6) is 0 Å². The normalized spacial score (nSPS) is 22.5. The third kappa shape index (κ3) is 4.42. The number of piperidine rings is 1. The maximum Gasteiger partial charge on any atom is 0.228 e. The van der Waals surface area contributed by atoms with Gasteiger partial charge in [-0.1, -0.05) is 24.6 Å². The Balaban J connectivity index is 1.19. The van der Waals surface area contributed by atoms with Gasteiger partial charge in [-0.05, 0) is 30.9 Å². The second kappa shape index (κ2) is 8.74. The number of nitrogens with zero attached hydrogens (tertiary/aromatic N) is 4. The lowest BCUT2D eigenvalue weighted by Gasteiger charge is -2.37. The molecule has 0 atom stereocenters. The molecule has 6 heteroatoms. The monoisotopic (exact) mass is 374 g/mol. The first-order valence-corrected chi connectivity index (χ1v) is 10.8. The second-order valence-electron chi connectivity index (χ2n) is 7.52. The minimum Gasteiger partial charge on any atom is -0.312 e. The maximum absolute atomic E-state index is 12.7. The van der Waals surface area contributed by atoms with E-state index < -0.39 is 0 Å². The molecule has 2 saturated heterocycles. The topological polar surface area (TPSA) is 30.0 Å². The van der Waals surface area contributed by atoms with Crippen LogP contribution in [-0.4, -0.2) is 71.8 Å². The molecule has 2 fully saturated rings. The maximum atomic E-state index is 12.7. The SMILES string of the molecule is O=C(CCN1CCN(SN2CCCCC2)CC1)N1CCc2ccccc21. The first kappa shape index (κ1) is 18.3. The Morgan fingerprint density at radius 1 is 0.885 bits per heavy atom. The summed E-state index contributed by atoms with van der Waals surface area (Å²) in [6, 6.07) is 8.32. The molecule has 3 aliphatic rings. The molecule has 142 valence electrons. The van der Waals surface area contributed by atoms with Gasteiger partial charge in [0.05, 0.1) is 0 Å². The van der Waals surface area contributed by atoms with E-state index in [-0.39, 0.29) is 5.91 Å².